The van der Waals surface area contributed by atoms with Crippen LogP contribution in [-0.2, 0) is 30.5 Å². The largest absolute Gasteiger partial charge is 0.456 e. The quantitative estimate of drug-likeness (QED) is 0.678. The number of carbonyl (C=O) groups excluding carboxylic acids is 2. The number of rotatable bonds is 7. The molecule has 11 heteroatoms. The van der Waals surface area contributed by atoms with Crippen LogP contribution >= 0.6 is 0 Å². The molecule has 0 atom stereocenters. The minimum Gasteiger partial charge on any atom is -0.456 e. The molecule has 0 aromatic heterocycles. The van der Waals surface area contributed by atoms with Crippen LogP contribution in [0.1, 0.15) is 31.2 Å². The van der Waals surface area contributed by atoms with Crippen molar-refractivity contribution < 1.29 is 35.9 Å². The first kappa shape index (κ1) is 22.2. The molecule has 1 aromatic rings. The Morgan fingerprint density at radius 3 is 2.39 bits per heavy atom. The van der Waals surface area contributed by atoms with Gasteiger partial charge in [0.25, 0.3) is 5.91 Å². The van der Waals surface area contributed by atoms with Gasteiger partial charge in [-0.1, -0.05) is 12.1 Å². The van der Waals surface area contributed by atoms with E-state index in [9.17, 15) is 31.2 Å². The van der Waals surface area contributed by atoms with Crippen molar-refractivity contribution in [2.45, 2.75) is 36.8 Å². The molecule has 0 bridgehead atoms. The summed E-state index contributed by atoms with van der Waals surface area (Å²) in [4.78, 5) is 24.2. The topological polar surface area (TPSA) is 92.8 Å². The molecule has 1 fully saturated rings. The Kier molecular flexibility index (Phi) is 7.41. The monoisotopic (exact) mass is 422 g/mol. The molecule has 1 N–H and O–H groups in total. The number of likely N-dealkylation sites (tertiary alicyclic amines) is 1. The van der Waals surface area contributed by atoms with Crippen molar-refractivity contribution in [2.75, 3.05) is 26.2 Å². The second-order valence-electron chi connectivity index (χ2n) is 6.24. The number of ether oxygens (including phenoxy) is 1. The van der Waals surface area contributed by atoms with Crippen LogP contribution in [0.5, 0.6) is 0 Å². The summed E-state index contributed by atoms with van der Waals surface area (Å²) in [5, 5.41) is 0. The number of nitrogens with zero attached hydrogens (tertiary/aromatic N) is 1. The molecule has 1 aliphatic heterocycles. The summed E-state index contributed by atoms with van der Waals surface area (Å²) >= 11 is 0. The molecule has 2 rings (SSSR count). The molecule has 28 heavy (non-hydrogen) atoms. The molecule has 1 saturated heterocycles. The van der Waals surface area contributed by atoms with Crippen LogP contribution in [0.2, 0.25) is 0 Å². The minimum atomic E-state index is -4.83. The van der Waals surface area contributed by atoms with Gasteiger partial charge in [0, 0.05) is 19.6 Å². The van der Waals surface area contributed by atoms with Crippen LogP contribution in [0, 0.1) is 0 Å². The van der Waals surface area contributed by atoms with Gasteiger partial charge in [0.15, 0.2) is 6.61 Å². The van der Waals surface area contributed by atoms with E-state index < -0.39 is 52.2 Å². The number of hydrogen-bond donors (Lipinski definition) is 1. The zero-order valence-corrected chi connectivity index (χ0v) is 15.8. The van der Waals surface area contributed by atoms with Crippen LogP contribution in [0.25, 0.3) is 0 Å². The average molecular weight is 422 g/mol. The van der Waals surface area contributed by atoms with Crippen molar-refractivity contribution >= 4 is 21.9 Å². The van der Waals surface area contributed by atoms with Gasteiger partial charge in [-0.05, 0) is 31.4 Å². The molecule has 0 radical (unpaired) electrons. The van der Waals surface area contributed by atoms with Crippen molar-refractivity contribution in [1.82, 2.24) is 9.62 Å². The van der Waals surface area contributed by atoms with Crippen LogP contribution < -0.4 is 4.72 Å². The summed E-state index contributed by atoms with van der Waals surface area (Å²) < 4.78 is 69.9. The van der Waals surface area contributed by atoms with Crippen molar-refractivity contribution in [3.8, 4) is 0 Å². The normalized spacial score (nSPS) is 15.3. The molecule has 1 heterocycles. The predicted molar refractivity (Wildman–Crippen MR) is 92.6 cm³/mol. The number of benzene rings is 1. The first-order valence-corrected chi connectivity index (χ1v) is 10.2. The lowest BCUT2D eigenvalue weighted by atomic mass is 10.1. The first-order valence-electron chi connectivity index (χ1n) is 8.70. The number of amides is 1. The van der Waals surface area contributed by atoms with Gasteiger partial charge < -0.3 is 9.64 Å². The fourth-order valence-corrected chi connectivity index (χ4v) is 4.01. The average Bonchev–Trinajstić information content (AvgIpc) is 2.66. The minimum absolute atomic E-state index is 0.326. The number of piperidine rings is 1. The maximum absolute atomic E-state index is 13.0. The lowest BCUT2D eigenvalue weighted by molar-refractivity contribution is -0.152. The standard InChI is InChI=1S/C17H21F3N2O5S/c18-17(19,20)13-6-2-3-7-14(13)28(25,26)21-9-8-16(24)27-12-15(23)22-10-4-1-5-11-22/h2-3,6-7,21H,1,4-5,8-12H2. The Balaban J connectivity index is 1.84. The highest BCUT2D eigenvalue weighted by molar-refractivity contribution is 7.89. The van der Waals surface area contributed by atoms with E-state index in [-0.39, 0.29) is 5.91 Å². The molecule has 1 amide bonds. The molecular weight excluding hydrogens is 401 g/mol. The van der Waals surface area contributed by atoms with E-state index in [1.807, 2.05) is 4.72 Å². The van der Waals surface area contributed by atoms with E-state index in [0.717, 1.165) is 31.4 Å². The van der Waals surface area contributed by atoms with Gasteiger partial charge in [-0.15, -0.1) is 0 Å². The highest BCUT2D eigenvalue weighted by Gasteiger charge is 2.36. The second-order valence-corrected chi connectivity index (χ2v) is 7.98. The van der Waals surface area contributed by atoms with Gasteiger partial charge in [0.2, 0.25) is 10.0 Å². The summed E-state index contributed by atoms with van der Waals surface area (Å²) in [6, 6.07) is 3.75. The Bertz CT molecular complexity index is 805. The van der Waals surface area contributed by atoms with Gasteiger partial charge in [-0.3, -0.25) is 9.59 Å². The lowest BCUT2D eigenvalue weighted by Crippen LogP contribution is -2.38. The van der Waals surface area contributed by atoms with Crippen molar-refractivity contribution in [3.05, 3.63) is 29.8 Å². The molecule has 0 unspecified atom stereocenters. The van der Waals surface area contributed by atoms with E-state index in [0.29, 0.717) is 19.2 Å². The van der Waals surface area contributed by atoms with Gasteiger partial charge in [0.05, 0.1) is 16.9 Å². The van der Waals surface area contributed by atoms with E-state index in [2.05, 4.69) is 0 Å². The zero-order valence-electron chi connectivity index (χ0n) is 15.0. The summed E-state index contributed by atoms with van der Waals surface area (Å²) in [7, 11) is -4.47. The number of hydrogen-bond acceptors (Lipinski definition) is 5. The van der Waals surface area contributed by atoms with E-state index >= 15 is 0 Å². The third-order valence-electron chi connectivity index (χ3n) is 4.17. The number of alkyl halides is 3. The number of esters is 1. The molecule has 0 spiro atoms. The van der Waals surface area contributed by atoms with Crippen molar-refractivity contribution in [2.24, 2.45) is 0 Å². The summed E-state index contributed by atoms with van der Waals surface area (Å²) in [6.07, 6.45) is -2.43. The maximum atomic E-state index is 13.0. The van der Waals surface area contributed by atoms with E-state index in [4.69, 9.17) is 4.74 Å². The zero-order chi connectivity index (χ0) is 20.8. The molecule has 7 nitrogen and oxygen atoms in total. The van der Waals surface area contributed by atoms with Gasteiger partial charge >= 0.3 is 12.1 Å². The Morgan fingerprint density at radius 1 is 1.11 bits per heavy atom. The smallest absolute Gasteiger partial charge is 0.417 e. The second kappa shape index (κ2) is 9.37. The molecule has 1 aromatic carbocycles. The first-order chi connectivity index (χ1) is 13.1. The fraction of sp³-hybridized carbons (Fsp3) is 0.529. The van der Waals surface area contributed by atoms with Gasteiger partial charge in [0.1, 0.15) is 0 Å². The van der Waals surface area contributed by atoms with Crippen LogP contribution in [0.3, 0.4) is 0 Å². The molecule has 156 valence electrons. The van der Waals surface area contributed by atoms with E-state index in [1.165, 1.54) is 6.07 Å². The Hall–Kier alpha value is -2.14. The molecular formula is C17H21F3N2O5S. The highest BCUT2D eigenvalue weighted by Crippen LogP contribution is 2.33. The summed E-state index contributed by atoms with van der Waals surface area (Å²) in [6.45, 7) is 0.317. The highest BCUT2D eigenvalue weighted by atomic mass is 32.2. The van der Waals surface area contributed by atoms with E-state index in [1.54, 1.807) is 4.90 Å². The third kappa shape index (κ3) is 6.20. The summed E-state index contributed by atoms with van der Waals surface area (Å²) in [5.74, 6) is -1.15. The van der Waals surface area contributed by atoms with Gasteiger partial charge in [-0.25, -0.2) is 13.1 Å². The number of carbonyl (C=O) groups is 2. The Labute approximate surface area is 160 Å². The van der Waals surface area contributed by atoms with Crippen LogP contribution in [-0.4, -0.2) is 51.4 Å². The summed E-state index contributed by atoms with van der Waals surface area (Å²) in [5.41, 5.74) is -1.29. The van der Waals surface area contributed by atoms with Crippen molar-refractivity contribution in [3.63, 3.8) is 0 Å². The predicted octanol–water partition coefficient (Wildman–Crippen LogP) is 1.93. The number of sulfonamides is 1. The fourth-order valence-electron chi connectivity index (χ4n) is 2.75. The maximum Gasteiger partial charge on any atom is 0.417 e. The molecule has 0 saturated carbocycles. The number of halogens is 3. The molecule has 1 aliphatic rings. The third-order valence-corrected chi connectivity index (χ3v) is 5.69. The Morgan fingerprint density at radius 2 is 1.75 bits per heavy atom. The molecule has 0 aliphatic carbocycles. The lowest BCUT2D eigenvalue weighted by Gasteiger charge is -2.26. The number of nitrogens with one attached hydrogen (secondary N) is 1. The van der Waals surface area contributed by atoms with Gasteiger partial charge in [-0.2, -0.15) is 13.2 Å². The van der Waals surface area contributed by atoms with Crippen molar-refractivity contribution in [1.29, 1.82) is 0 Å². The van der Waals surface area contributed by atoms with Crippen LogP contribution in [0.4, 0.5) is 13.2 Å². The van der Waals surface area contributed by atoms with Crippen LogP contribution in [0.15, 0.2) is 29.2 Å². The SMILES string of the molecule is O=C(CCNS(=O)(=O)c1ccccc1C(F)(F)F)OCC(=O)N1CCCCC1.